The monoisotopic (exact) mass is 268 g/mol. The van der Waals surface area contributed by atoms with Crippen molar-refractivity contribution in [3.8, 4) is 0 Å². The molecule has 1 unspecified atom stereocenters. The summed E-state index contributed by atoms with van der Waals surface area (Å²) in [6.45, 7) is 2.62. The summed E-state index contributed by atoms with van der Waals surface area (Å²) in [5.41, 5.74) is -0.871. The van der Waals surface area contributed by atoms with Gasteiger partial charge in [-0.3, -0.25) is 14.5 Å². The fraction of sp³-hybridized carbons (Fsp3) is 0.857. The van der Waals surface area contributed by atoms with Gasteiger partial charge in [0.05, 0.1) is 6.54 Å². The highest BCUT2D eigenvalue weighted by Crippen LogP contribution is 2.28. The van der Waals surface area contributed by atoms with Crippen LogP contribution in [-0.2, 0) is 9.59 Å². The molecule has 1 aliphatic heterocycles. The predicted molar refractivity (Wildman–Crippen MR) is 71.9 cm³/mol. The molecular weight excluding hydrogens is 244 g/mol. The van der Waals surface area contributed by atoms with Crippen molar-refractivity contribution < 1.29 is 14.7 Å². The van der Waals surface area contributed by atoms with Crippen molar-refractivity contribution in [2.75, 3.05) is 13.1 Å². The minimum atomic E-state index is -0.871. The first-order valence-corrected chi connectivity index (χ1v) is 7.30. The Kier molecular flexibility index (Phi) is 4.45. The molecule has 1 aliphatic carbocycles. The molecule has 1 heterocycles. The lowest BCUT2D eigenvalue weighted by Gasteiger charge is -2.31. The minimum absolute atomic E-state index is 0.0266. The van der Waals surface area contributed by atoms with Crippen molar-refractivity contribution in [3.05, 3.63) is 0 Å². The Balaban J connectivity index is 1.86. The first kappa shape index (κ1) is 14.3. The fourth-order valence-electron chi connectivity index (χ4n) is 3.21. The van der Waals surface area contributed by atoms with Crippen molar-refractivity contribution in [1.82, 2.24) is 10.2 Å². The molecule has 1 saturated heterocycles. The Hall–Kier alpha value is -1.10. The number of aliphatic carboxylic acids is 1. The van der Waals surface area contributed by atoms with Crippen LogP contribution in [0.25, 0.3) is 0 Å². The topological polar surface area (TPSA) is 69.6 Å². The number of nitrogens with one attached hydrogen (secondary N) is 1. The number of carboxylic acid groups (broad SMARTS) is 1. The maximum absolute atomic E-state index is 12.0. The van der Waals surface area contributed by atoms with E-state index in [0.717, 1.165) is 19.3 Å². The van der Waals surface area contributed by atoms with Crippen molar-refractivity contribution in [1.29, 1.82) is 0 Å². The highest BCUT2D eigenvalue weighted by Gasteiger charge is 2.43. The number of carbonyl (C=O) groups excluding carboxylic acids is 1. The van der Waals surface area contributed by atoms with Crippen LogP contribution in [0.3, 0.4) is 0 Å². The van der Waals surface area contributed by atoms with Crippen molar-refractivity contribution in [2.24, 2.45) is 0 Å². The van der Waals surface area contributed by atoms with Crippen LogP contribution >= 0.6 is 0 Å². The normalized spacial score (nSPS) is 29.3. The number of rotatable bonds is 4. The standard InChI is InChI=1S/C14H24N2O3/c1-14(13(18)19)8-5-9-16(14)10-12(17)15-11-6-3-2-4-7-11/h11H,2-10H2,1H3,(H,15,17)(H,18,19). The molecule has 5 nitrogen and oxygen atoms in total. The van der Waals surface area contributed by atoms with Gasteiger partial charge in [-0.15, -0.1) is 0 Å². The Morgan fingerprint density at radius 1 is 1.26 bits per heavy atom. The second-order valence-corrected chi connectivity index (χ2v) is 6.01. The van der Waals surface area contributed by atoms with Gasteiger partial charge >= 0.3 is 5.97 Å². The van der Waals surface area contributed by atoms with E-state index in [4.69, 9.17) is 0 Å². The van der Waals surface area contributed by atoms with Gasteiger partial charge in [0.1, 0.15) is 5.54 Å². The van der Waals surface area contributed by atoms with Crippen LogP contribution in [0, 0.1) is 0 Å². The lowest BCUT2D eigenvalue weighted by molar-refractivity contribution is -0.149. The molecule has 0 radical (unpaired) electrons. The Morgan fingerprint density at radius 2 is 1.95 bits per heavy atom. The molecule has 0 aromatic carbocycles. The van der Waals surface area contributed by atoms with Crippen LogP contribution in [0.15, 0.2) is 0 Å². The van der Waals surface area contributed by atoms with E-state index in [1.807, 2.05) is 0 Å². The third-order valence-electron chi connectivity index (χ3n) is 4.56. The molecule has 0 aromatic rings. The SMILES string of the molecule is CC1(C(=O)O)CCCN1CC(=O)NC1CCCCC1. The van der Waals surface area contributed by atoms with Crippen LogP contribution in [0.1, 0.15) is 51.9 Å². The zero-order valence-corrected chi connectivity index (χ0v) is 11.7. The Bertz CT molecular complexity index is 353. The minimum Gasteiger partial charge on any atom is -0.480 e. The van der Waals surface area contributed by atoms with Gasteiger partial charge in [-0.1, -0.05) is 19.3 Å². The molecule has 1 atom stereocenters. The zero-order valence-electron chi connectivity index (χ0n) is 11.7. The van der Waals surface area contributed by atoms with Gasteiger partial charge < -0.3 is 10.4 Å². The number of likely N-dealkylation sites (tertiary alicyclic amines) is 1. The Labute approximate surface area is 114 Å². The molecule has 2 N–H and O–H groups in total. The van der Waals surface area contributed by atoms with Crippen LogP contribution in [0.2, 0.25) is 0 Å². The van der Waals surface area contributed by atoms with Gasteiger partial charge in [0.25, 0.3) is 0 Å². The number of carboxylic acids is 1. The van der Waals surface area contributed by atoms with Gasteiger partial charge in [-0.05, 0) is 39.2 Å². The second-order valence-electron chi connectivity index (χ2n) is 6.01. The molecule has 0 bridgehead atoms. The summed E-state index contributed by atoms with van der Waals surface area (Å²) in [6, 6.07) is 0.292. The number of nitrogens with zero attached hydrogens (tertiary/aromatic N) is 1. The highest BCUT2D eigenvalue weighted by molar-refractivity contribution is 5.82. The smallest absolute Gasteiger partial charge is 0.323 e. The van der Waals surface area contributed by atoms with Gasteiger partial charge in [0.2, 0.25) is 5.91 Å². The molecule has 5 heteroatoms. The van der Waals surface area contributed by atoms with Crippen LogP contribution in [-0.4, -0.2) is 46.6 Å². The molecule has 2 rings (SSSR count). The van der Waals surface area contributed by atoms with Gasteiger partial charge in [0.15, 0.2) is 0 Å². The molecule has 108 valence electrons. The molecule has 1 amide bonds. The molecule has 19 heavy (non-hydrogen) atoms. The van der Waals surface area contributed by atoms with Crippen molar-refractivity contribution in [2.45, 2.75) is 63.5 Å². The average Bonchev–Trinajstić information content (AvgIpc) is 2.73. The average molecular weight is 268 g/mol. The van der Waals surface area contributed by atoms with E-state index >= 15 is 0 Å². The van der Waals surface area contributed by atoms with Gasteiger partial charge in [0, 0.05) is 6.04 Å². The number of carbonyl (C=O) groups is 2. The molecule has 1 saturated carbocycles. The van der Waals surface area contributed by atoms with Gasteiger partial charge in [-0.25, -0.2) is 0 Å². The van der Waals surface area contributed by atoms with Gasteiger partial charge in [-0.2, -0.15) is 0 Å². The first-order valence-electron chi connectivity index (χ1n) is 7.30. The Morgan fingerprint density at radius 3 is 2.58 bits per heavy atom. The maximum Gasteiger partial charge on any atom is 0.323 e. The molecule has 2 aliphatic rings. The number of hydrogen-bond donors (Lipinski definition) is 2. The largest absolute Gasteiger partial charge is 0.480 e. The summed E-state index contributed by atoms with van der Waals surface area (Å²) in [5, 5.41) is 12.4. The van der Waals surface area contributed by atoms with Crippen LogP contribution in [0.5, 0.6) is 0 Å². The highest BCUT2D eigenvalue weighted by atomic mass is 16.4. The summed E-state index contributed by atoms with van der Waals surface area (Å²) in [4.78, 5) is 25.2. The van der Waals surface area contributed by atoms with E-state index in [0.29, 0.717) is 19.0 Å². The van der Waals surface area contributed by atoms with Crippen molar-refractivity contribution >= 4 is 11.9 Å². The van der Waals surface area contributed by atoms with Crippen LogP contribution in [0.4, 0.5) is 0 Å². The van der Waals surface area contributed by atoms with E-state index in [9.17, 15) is 14.7 Å². The summed E-state index contributed by atoms with van der Waals surface area (Å²) < 4.78 is 0. The quantitative estimate of drug-likeness (QED) is 0.808. The summed E-state index contributed by atoms with van der Waals surface area (Å²) in [5.74, 6) is -0.850. The second kappa shape index (κ2) is 5.90. The van der Waals surface area contributed by atoms with Crippen molar-refractivity contribution in [3.63, 3.8) is 0 Å². The number of hydrogen-bond acceptors (Lipinski definition) is 3. The fourth-order valence-corrected chi connectivity index (χ4v) is 3.21. The predicted octanol–water partition coefficient (Wildman–Crippen LogP) is 1.37. The number of amides is 1. The maximum atomic E-state index is 12.0. The lowest BCUT2D eigenvalue weighted by atomic mass is 9.95. The lowest BCUT2D eigenvalue weighted by Crippen LogP contribution is -2.52. The van der Waals surface area contributed by atoms with E-state index in [2.05, 4.69) is 5.32 Å². The van der Waals surface area contributed by atoms with Crippen LogP contribution < -0.4 is 5.32 Å². The van der Waals surface area contributed by atoms with E-state index in [1.165, 1.54) is 19.3 Å². The molecule has 0 spiro atoms. The summed E-state index contributed by atoms with van der Waals surface area (Å²) >= 11 is 0. The summed E-state index contributed by atoms with van der Waals surface area (Å²) in [7, 11) is 0. The molecule has 0 aromatic heterocycles. The zero-order chi connectivity index (χ0) is 13.9. The summed E-state index contributed by atoms with van der Waals surface area (Å²) in [6.07, 6.45) is 7.21. The molecular formula is C14H24N2O3. The van der Waals surface area contributed by atoms with E-state index < -0.39 is 11.5 Å². The molecule has 2 fully saturated rings. The van der Waals surface area contributed by atoms with E-state index in [-0.39, 0.29) is 12.5 Å². The van der Waals surface area contributed by atoms with E-state index in [1.54, 1.807) is 11.8 Å². The first-order chi connectivity index (χ1) is 9.02. The third-order valence-corrected chi connectivity index (χ3v) is 4.56. The third kappa shape index (κ3) is 3.26.